The number of benzene rings is 2. The zero-order chi connectivity index (χ0) is 30.1. The van der Waals surface area contributed by atoms with Gasteiger partial charge in [-0.15, -0.1) is 13.2 Å². The van der Waals surface area contributed by atoms with Crippen LogP contribution in [0, 0.1) is 11.8 Å². The fraction of sp³-hybridized carbons (Fsp3) is 0.500. The number of carbonyl (C=O) groups excluding carboxylic acids is 3. The van der Waals surface area contributed by atoms with Crippen LogP contribution < -0.4 is 4.90 Å². The van der Waals surface area contributed by atoms with Crippen LogP contribution in [0.4, 0.5) is 5.69 Å². The second-order valence-electron chi connectivity index (χ2n) is 11.9. The van der Waals surface area contributed by atoms with Crippen LogP contribution in [0.2, 0.25) is 0 Å². The molecule has 42 heavy (non-hydrogen) atoms. The number of aliphatic hydroxyl groups is 1. The molecule has 0 aliphatic carbocycles. The fourth-order valence-corrected chi connectivity index (χ4v) is 7.65. The molecule has 5 atom stereocenters. The Labute approximate surface area is 248 Å². The number of hydrogen-bond acceptors (Lipinski definition) is 5. The van der Waals surface area contributed by atoms with E-state index in [4.69, 9.17) is 4.74 Å². The average molecular weight is 574 g/mol. The van der Waals surface area contributed by atoms with Gasteiger partial charge in [-0.05, 0) is 61.4 Å². The molecule has 3 amide bonds. The van der Waals surface area contributed by atoms with Crippen LogP contribution >= 0.6 is 0 Å². The number of amides is 3. The van der Waals surface area contributed by atoms with Gasteiger partial charge in [0.1, 0.15) is 11.6 Å². The van der Waals surface area contributed by atoms with Crippen LogP contribution in [0.5, 0.6) is 0 Å². The molecule has 2 aromatic rings. The van der Waals surface area contributed by atoms with Gasteiger partial charge in [-0.2, -0.15) is 0 Å². The molecular formula is C34H43N3O5. The minimum atomic E-state index is -1.09. The molecule has 3 saturated heterocycles. The normalized spacial score (nSPS) is 27.7. The summed E-state index contributed by atoms with van der Waals surface area (Å²) in [5.74, 6) is -1.94. The van der Waals surface area contributed by atoms with Gasteiger partial charge in [-0.25, -0.2) is 0 Å². The molecule has 3 heterocycles. The number of anilines is 1. The second-order valence-corrected chi connectivity index (χ2v) is 11.9. The largest absolute Gasteiger partial charge is 0.396 e. The highest BCUT2D eigenvalue weighted by Gasteiger charge is 2.78. The summed E-state index contributed by atoms with van der Waals surface area (Å²) in [5.41, 5.74) is -1.16. The van der Waals surface area contributed by atoms with E-state index in [-0.39, 0.29) is 30.9 Å². The van der Waals surface area contributed by atoms with Gasteiger partial charge >= 0.3 is 0 Å². The molecule has 0 radical (unpaired) electrons. The van der Waals surface area contributed by atoms with Gasteiger partial charge in [0.2, 0.25) is 11.8 Å². The number of nitrogens with zero attached hydrogens (tertiary/aromatic N) is 3. The van der Waals surface area contributed by atoms with Crippen LogP contribution in [0.25, 0.3) is 10.8 Å². The fourth-order valence-electron chi connectivity index (χ4n) is 7.65. The van der Waals surface area contributed by atoms with Crippen molar-refractivity contribution in [2.24, 2.45) is 11.8 Å². The minimum absolute atomic E-state index is 0.0757. The highest BCUT2D eigenvalue weighted by molar-refractivity contribution is 6.06. The average Bonchev–Trinajstić information content (AvgIpc) is 3.60. The number of ether oxygens (including phenoxy) is 1. The highest BCUT2D eigenvalue weighted by atomic mass is 16.5. The summed E-state index contributed by atoms with van der Waals surface area (Å²) in [6, 6.07) is 13.0. The number of fused-ring (bicyclic) bond motifs is 2. The Morgan fingerprint density at radius 1 is 1.05 bits per heavy atom. The summed E-state index contributed by atoms with van der Waals surface area (Å²) in [5, 5.41) is 11.4. The lowest BCUT2D eigenvalue weighted by Gasteiger charge is -2.37. The summed E-state index contributed by atoms with van der Waals surface area (Å²) in [4.78, 5) is 48.1. The first-order chi connectivity index (χ1) is 20.3. The zero-order valence-electron chi connectivity index (χ0n) is 24.8. The number of rotatable bonds is 13. The summed E-state index contributed by atoms with van der Waals surface area (Å²) in [6.45, 7) is 10.8. The van der Waals surface area contributed by atoms with Crippen LogP contribution in [0.3, 0.4) is 0 Å². The molecule has 2 unspecified atom stereocenters. The maximum Gasteiger partial charge on any atom is 0.253 e. The first-order valence-electron chi connectivity index (χ1n) is 15.2. The number of likely N-dealkylation sites (tertiary alicyclic amines) is 1. The smallest absolute Gasteiger partial charge is 0.253 e. The number of carbonyl (C=O) groups is 3. The van der Waals surface area contributed by atoms with E-state index in [2.05, 4.69) is 13.2 Å². The predicted molar refractivity (Wildman–Crippen MR) is 164 cm³/mol. The lowest BCUT2D eigenvalue weighted by Crippen LogP contribution is -2.56. The summed E-state index contributed by atoms with van der Waals surface area (Å²) in [7, 11) is 1.73. The van der Waals surface area contributed by atoms with Crippen LogP contribution in [-0.2, 0) is 19.1 Å². The summed E-state index contributed by atoms with van der Waals surface area (Å²) < 4.78 is 6.93. The van der Waals surface area contributed by atoms with Gasteiger partial charge in [0, 0.05) is 39.0 Å². The number of aliphatic hydroxyl groups excluding tert-OH is 1. The minimum Gasteiger partial charge on any atom is -0.396 e. The number of hydrogen-bond donors (Lipinski definition) is 1. The van der Waals surface area contributed by atoms with E-state index in [9.17, 15) is 19.5 Å². The van der Waals surface area contributed by atoms with Crippen LogP contribution in [-0.4, -0.2) is 83.2 Å². The summed E-state index contributed by atoms with van der Waals surface area (Å²) >= 11 is 0. The molecule has 3 aliphatic rings. The Balaban J connectivity index is 1.58. The Hall–Kier alpha value is -3.49. The topological polar surface area (TPSA) is 90.4 Å². The molecule has 8 nitrogen and oxygen atoms in total. The third-order valence-corrected chi connectivity index (χ3v) is 9.64. The molecular weight excluding hydrogens is 530 g/mol. The molecule has 0 saturated carbocycles. The first-order valence-corrected chi connectivity index (χ1v) is 15.2. The van der Waals surface area contributed by atoms with Gasteiger partial charge in [-0.3, -0.25) is 14.4 Å². The molecule has 2 aromatic carbocycles. The van der Waals surface area contributed by atoms with Crippen molar-refractivity contribution in [1.82, 2.24) is 9.80 Å². The van der Waals surface area contributed by atoms with E-state index in [0.29, 0.717) is 45.2 Å². The van der Waals surface area contributed by atoms with E-state index in [0.717, 1.165) is 22.9 Å². The van der Waals surface area contributed by atoms with E-state index in [1.165, 1.54) is 0 Å². The van der Waals surface area contributed by atoms with Gasteiger partial charge in [0.15, 0.2) is 0 Å². The van der Waals surface area contributed by atoms with Crippen molar-refractivity contribution >= 4 is 34.2 Å². The SMILES string of the molecule is C=CCN(C)C(=O)[C@H]1[C@H]2C(=O)N(CCCCCO)C(C(=O)N(CC=C)c3ccc4ccccc4c3)C23CC[C@]1(CC)O3. The van der Waals surface area contributed by atoms with E-state index < -0.39 is 29.1 Å². The monoisotopic (exact) mass is 573 g/mol. The molecule has 1 spiro atoms. The molecule has 1 N–H and O–H groups in total. The third kappa shape index (κ3) is 4.74. The number of likely N-dealkylation sites (N-methyl/N-ethyl adjacent to an activating group) is 1. The maximum absolute atomic E-state index is 14.8. The Kier molecular flexibility index (Phi) is 8.58. The second kappa shape index (κ2) is 12.0. The van der Waals surface area contributed by atoms with E-state index >= 15 is 0 Å². The molecule has 5 rings (SSSR count). The van der Waals surface area contributed by atoms with Crippen molar-refractivity contribution < 1.29 is 24.2 Å². The Morgan fingerprint density at radius 3 is 2.48 bits per heavy atom. The predicted octanol–water partition coefficient (Wildman–Crippen LogP) is 4.32. The van der Waals surface area contributed by atoms with Crippen molar-refractivity contribution in [3.63, 3.8) is 0 Å². The molecule has 2 bridgehead atoms. The maximum atomic E-state index is 14.8. The van der Waals surface area contributed by atoms with Gasteiger partial charge < -0.3 is 24.5 Å². The summed E-state index contributed by atoms with van der Waals surface area (Å²) in [6.07, 6.45) is 7.09. The third-order valence-electron chi connectivity index (χ3n) is 9.64. The van der Waals surface area contributed by atoms with Crippen molar-refractivity contribution in [3.05, 3.63) is 67.8 Å². The van der Waals surface area contributed by atoms with E-state index in [1.54, 1.807) is 33.9 Å². The quantitative estimate of drug-likeness (QED) is 0.285. The van der Waals surface area contributed by atoms with Crippen molar-refractivity contribution in [2.75, 3.05) is 38.2 Å². The van der Waals surface area contributed by atoms with Gasteiger partial charge in [-0.1, -0.05) is 49.4 Å². The van der Waals surface area contributed by atoms with E-state index in [1.807, 2.05) is 49.4 Å². The van der Waals surface area contributed by atoms with Crippen LogP contribution in [0.1, 0.15) is 45.4 Å². The van der Waals surface area contributed by atoms with Crippen molar-refractivity contribution in [2.45, 2.75) is 62.7 Å². The molecule has 3 fully saturated rings. The number of unbranched alkanes of at least 4 members (excludes halogenated alkanes) is 2. The highest BCUT2D eigenvalue weighted by Crippen LogP contribution is 2.64. The zero-order valence-corrected chi connectivity index (χ0v) is 24.8. The molecule has 3 aliphatic heterocycles. The standard InChI is InChI=1S/C34H43N3O5/c1-5-19-35(4)30(39)27-28-31(40)37(21-11-8-12-22-38)29(34(28)18-17-33(27,7-3)42-34)32(41)36(20-6-2)26-16-15-24-13-9-10-14-25(24)23-26/h5-6,9-10,13-16,23,27-29,38H,1-2,7-8,11-12,17-22H2,3-4H3/t27-,28+,29?,33+,34?/m1/s1. The Morgan fingerprint density at radius 2 is 1.79 bits per heavy atom. The molecule has 8 heteroatoms. The molecule has 224 valence electrons. The van der Waals surface area contributed by atoms with Crippen molar-refractivity contribution in [3.8, 4) is 0 Å². The first kappa shape index (κ1) is 30.0. The molecule has 0 aromatic heterocycles. The van der Waals surface area contributed by atoms with Gasteiger partial charge in [0.05, 0.1) is 17.4 Å². The lowest BCUT2D eigenvalue weighted by molar-refractivity contribution is -0.150. The Bertz CT molecular complexity index is 1380. The van der Waals surface area contributed by atoms with Crippen LogP contribution in [0.15, 0.2) is 67.8 Å². The van der Waals surface area contributed by atoms with Crippen molar-refractivity contribution in [1.29, 1.82) is 0 Å². The van der Waals surface area contributed by atoms with Gasteiger partial charge in [0.25, 0.3) is 5.91 Å². The lowest BCUT2D eigenvalue weighted by atomic mass is 9.64.